The zero-order valence-electron chi connectivity index (χ0n) is 12.6. The summed E-state index contributed by atoms with van der Waals surface area (Å²) in [6, 6.07) is 4.52. The second kappa shape index (κ2) is 7.22. The fourth-order valence-corrected chi connectivity index (χ4v) is 2.11. The lowest BCUT2D eigenvalue weighted by molar-refractivity contribution is 0.467. The average Bonchev–Trinajstić information content (AvgIpc) is 2.89. The predicted molar refractivity (Wildman–Crippen MR) is 81.0 cm³/mol. The summed E-state index contributed by atoms with van der Waals surface area (Å²) < 4.78 is 21.1. The van der Waals surface area contributed by atoms with E-state index in [0.717, 1.165) is 24.9 Å². The van der Waals surface area contributed by atoms with Gasteiger partial charge in [0, 0.05) is 12.6 Å². The second-order valence-electron chi connectivity index (χ2n) is 5.17. The number of aryl methyl sites for hydroxylation is 1. The van der Waals surface area contributed by atoms with Gasteiger partial charge in [0.05, 0.1) is 12.4 Å². The molecule has 2 aromatic rings. The van der Waals surface area contributed by atoms with E-state index in [0.29, 0.717) is 17.9 Å². The number of nitrogens with zero attached hydrogens (tertiary/aromatic N) is 2. The molecular weight excluding hydrogens is 269 g/mol. The third-order valence-electron chi connectivity index (χ3n) is 3.32. The molecule has 2 N–H and O–H groups in total. The lowest BCUT2D eigenvalue weighted by atomic mass is 10.0. The molecule has 1 heterocycles. The van der Waals surface area contributed by atoms with Crippen molar-refractivity contribution < 1.29 is 9.13 Å². The smallest absolute Gasteiger partial charge is 0.165 e. The first-order chi connectivity index (χ1) is 10.1. The van der Waals surface area contributed by atoms with Crippen molar-refractivity contribution in [3.05, 3.63) is 42.0 Å². The van der Waals surface area contributed by atoms with Crippen LogP contribution in [0.4, 0.5) is 4.39 Å². The van der Waals surface area contributed by atoms with Crippen LogP contribution in [-0.4, -0.2) is 15.8 Å². The van der Waals surface area contributed by atoms with Gasteiger partial charge in [0.15, 0.2) is 5.75 Å². The SMILES string of the molecule is CCCn1cc(Oc2ccc(F)cc2CC(N)CC)cn1. The summed E-state index contributed by atoms with van der Waals surface area (Å²) in [5.74, 6) is 1.01. The van der Waals surface area contributed by atoms with Crippen molar-refractivity contribution in [3.8, 4) is 11.5 Å². The third kappa shape index (κ3) is 4.29. The molecule has 1 unspecified atom stereocenters. The Hall–Kier alpha value is -1.88. The third-order valence-corrected chi connectivity index (χ3v) is 3.32. The summed E-state index contributed by atoms with van der Waals surface area (Å²) in [6.45, 7) is 4.95. The molecule has 1 aromatic heterocycles. The minimum atomic E-state index is -0.276. The van der Waals surface area contributed by atoms with E-state index < -0.39 is 0 Å². The Balaban J connectivity index is 2.17. The number of hydrogen-bond acceptors (Lipinski definition) is 3. The molecule has 4 nitrogen and oxygen atoms in total. The predicted octanol–water partition coefficient (Wildman–Crippen LogP) is 3.50. The Morgan fingerprint density at radius 2 is 2.19 bits per heavy atom. The molecular formula is C16H22FN3O. The quantitative estimate of drug-likeness (QED) is 0.849. The van der Waals surface area contributed by atoms with Crippen LogP contribution in [0.15, 0.2) is 30.6 Å². The largest absolute Gasteiger partial charge is 0.454 e. The Bertz CT molecular complexity index is 583. The minimum absolute atomic E-state index is 0.00281. The number of hydrogen-bond donors (Lipinski definition) is 1. The number of aromatic nitrogens is 2. The summed E-state index contributed by atoms with van der Waals surface area (Å²) in [5.41, 5.74) is 6.75. The van der Waals surface area contributed by atoms with Crippen LogP contribution in [0.1, 0.15) is 32.3 Å². The van der Waals surface area contributed by atoms with Crippen molar-refractivity contribution in [2.75, 3.05) is 0 Å². The van der Waals surface area contributed by atoms with Gasteiger partial charge in [0.25, 0.3) is 0 Å². The molecule has 2 rings (SSSR count). The fourth-order valence-electron chi connectivity index (χ4n) is 2.11. The summed E-state index contributed by atoms with van der Waals surface area (Å²) in [5, 5.41) is 4.22. The van der Waals surface area contributed by atoms with Crippen molar-refractivity contribution in [2.24, 2.45) is 5.73 Å². The molecule has 0 saturated heterocycles. The second-order valence-corrected chi connectivity index (χ2v) is 5.17. The molecule has 114 valence electrons. The highest BCUT2D eigenvalue weighted by Gasteiger charge is 2.11. The molecule has 0 fully saturated rings. The van der Waals surface area contributed by atoms with Crippen LogP contribution in [0.25, 0.3) is 0 Å². The molecule has 5 heteroatoms. The van der Waals surface area contributed by atoms with E-state index in [1.165, 1.54) is 12.1 Å². The summed E-state index contributed by atoms with van der Waals surface area (Å²) in [4.78, 5) is 0. The van der Waals surface area contributed by atoms with Gasteiger partial charge in [0.1, 0.15) is 11.6 Å². The standard InChI is InChI=1S/C16H22FN3O/c1-3-7-20-11-15(10-19-20)21-16-6-5-13(17)8-12(16)9-14(18)4-2/h5-6,8,10-11,14H,3-4,7,9,18H2,1-2H3. The fraction of sp³-hybridized carbons (Fsp3) is 0.438. The van der Waals surface area contributed by atoms with E-state index in [2.05, 4.69) is 12.0 Å². The van der Waals surface area contributed by atoms with Crippen LogP contribution in [0.2, 0.25) is 0 Å². The van der Waals surface area contributed by atoms with Gasteiger partial charge in [-0.2, -0.15) is 5.10 Å². The van der Waals surface area contributed by atoms with Gasteiger partial charge in [-0.25, -0.2) is 4.39 Å². The maximum atomic E-state index is 13.4. The molecule has 0 amide bonds. The van der Waals surface area contributed by atoms with Crippen molar-refractivity contribution in [3.63, 3.8) is 0 Å². The normalized spacial score (nSPS) is 12.4. The van der Waals surface area contributed by atoms with Gasteiger partial charge >= 0.3 is 0 Å². The lowest BCUT2D eigenvalue weighted by Gasteiger charge is -2.13. The zero-order chi connectivity index (χ0) is 15.2. The van der Waals surface area contributed by atoms with Crippen LogP contribution < -0.4 is 10.5 Å². The molecule has 21 heavy (non-hydrogen) atoms. The highest BCUT2D eigenvalue weighted by Crippen LogP contribution is 2.27. The number of nitrogens with two attached hydrogens (primary N) is 1. The molecule has 1 atom stereocenters. The number of halogens is 1. The van der Waals surface area contributed by atoms with Gasteiger partial charge < -0.3 is 10.5 Å². The molecule has 0 aliphatic carbocycles. The topological polar surface area (TPSA) is 53.1 Å². The average molecular weight is 291 g/mol. The number of ether oxygens (including phenoxy) is 1. The van der Waals surface area contributed by atoms with E-state index in [4.69, 9.17) is 10.5 Å². The molecule has 1 aromatic carbocycles. The summed E-state index contributed by atoms with van der Waals surface area (Å²) in [7, 11) is 0. The van der Waals surface area contributed by atoms with Crippen LogP contribution >= 0.6 is 0 Å². The van der Waals surface area contributed by atoms with Gasteiger partial charge in [0.2, 0.25) is 0 Å². The molecule has 0 saturated carbocycles. The maximum Gasteiger partial charge on any atom is 0.165 e. The van der Waals surface area contributed by atoms with Crippen molar-refractivity contribution in [1.29, 1.82) is 0 Å². The monoisotopic (exact) mass is 291 g/mol. The Kier molecular flexibility index (Phi) is 5.33. The lowest BCUT2D eigenvalue weighted by Crippen LogP contribution is -2.21. The zero-order valence-corrected chi connectivity index (χ0v) is 12.6. The number of benzene rings is 1. The van der Waals surface area contributed by atoms with Gasteiger partial charge in [-0.3, -0.25) is 4.68 Å². The van der Waals surface area contributed by atoms with Crippen molar-refractivity contribution in [2.45, 2.75) is 45.7 Å². The van der Waals surface area contributed by atoms with E-state index >= 15 is 0 Å². The number of rotatable bonds is 7. The van der Waals surface area contributed by atoms with Crippen molar-refractivity contribution >= 4 is 0 Å². The van der Waals surface area contributed by atoms with E-state index in [9.17, 15) is 4.39 Å². The van der Waals surface area contributed by atoms with Gasteiger partial charge in [-0.05, 0) is 43.0 Å². The highest BCUT2D eigenvalue weighted by atomic mass is 19.1. The Morgan fingerprint density at radius 1 is 1.38 bits per heavy atom. The first-order valence-electron chi connectivity index (χ1n) is 7.36. The van der Waals surface area contributed by atoms with Crippen molar-refractivity contribution in [1.82, 2.24) is 9.78 Å². The minimum Gasteiger partial charge on any atom is -0.454 e. The Labute approximate surface area is 124 Å². The van der Waals surface area contributed by atoms with Crippen LogP contribution in [0.3, 0.4) is 0 Å². The molecule has 0 aliphatic heterocycles. The van der Waals surface area contributed by atoms with E-state index in [-0.39, 0.29) is 11.9 Å². The van der Waals surface area contributed by atoms with Gasteiger partial charge in [-0.1, -0.05) is 13.8 Å². The molecule has 0 bridgehead atoms. The van der Waals surface area contributed by atoms with E-state index in [1.807, 2.05) is 17.8 Å². The first-order valence-corrected chi connectivity index (χ1v) is 7.36. The Morgan fingerprint density at radius 3 is 2.90 bits per heavy atom. The molecule has 0 radical (unpaired) electrons. The molecule has 0 spiro atoms. The van der Waals surface area contributed by atoms with Crippen LogP contribution in [0, 0.1) is 5.82 Å². The summed E-state index contributed by atoms with van der Waals surface area (Å²) in [6.07, 6.45) is 5.95. The van der Waals surface area contributed by atoms with Crippen LogP contribution in [0.5, 0.6) is 11.5 Å². The highest BCUT2D eigenvalue weighted by molar-refractivity contribution is 5.37. The van der Waals surface area contributed by atoms with Crippen LogP contribution in [-0.2, 0) is 13.0 Å². The molecule has 0 aliphatic rings. The first kappa shape index (κ1) is 15.5. The van der Waals surface area contributed by atoms with E-state index in [1.54, 1.807) is 12.3 Å². The summed E-state index contributed by atoms with van der Waals surface area (Å²) >= 11 is 0. The van der Waals surface area contributed by atoms with Gasteiger partial charge in [-0.15, -0.1) is 0 Å². The maximum absolute atomic E-state index is 13.4.